The van der Waals surface area contributed by atoms with Gasteiger partial charge >= 0.3 is 12.1 Å². The molecule has 2 heterocycles. The zero-order chi connectivity index (χ0) is 12.1. The van der Waals surface area contributed by atoms with Crippen molar-refractivity contribution in [2.75, 3.05) is 0 Å². The molecule has 16 heavy (non-hydrogen) atoms. The van der Waals surface area contributed by atoms with Crippen molar-refractivity contribution in [1.29, 1.82) is 5.26 Å². The molecule has 2 fully saturated rings. The van der Waals surface area contributed by atoms with Crippen molar-refractivity contribution in [3.05, 3.63) is 0 Å². The van der Waals surface area contributed by atoms with Crippen molar-refractivity contribution in [3.8, 4) is 6.19 Å². The summed E-state index contributed by atoms with van der Waals surface area (Å²) in [4.78, 5) is 35.0. The number of carbonyl (C=O) groups is 3. The van der Waals surface area contributed by atoms with Crippen LogP contribution in [0.1, 0.15) is 13.8 Å². The minimum Gasteiger partial charge on any atom is -0.320 e. The van der Waals surface area contributed by atoms with Crippen LogP contribution in [0, 0.1) is 11.5 Å². The smallest absolute Gasteiger partial charge is 0.320 e. The molecule has 3 N–H and O–H groups in total. The van der Waals surface area contributed by atoms with Gasteiger partial charge in [-0.05, 0) is 13.8 Å². The monoisotopic (exact) mass is 223 g/mol. The summed E-state index contributed by atoms with van der Waals surface area (Å²) in [5.74, 6) is -0.764. The molecule has 0 saturated carbocycles. The second kappa shape index (κ2) is 2.63. The molecule has 0 bridgehead atoms. The minimum atomic E-state index is -1.37. The molecule has 2 atom stereocenters. The largest absolute Gasteiger partial charge is 0.339 e. The Kier molecular flexibility index (Phi) is 1.68. The first-order valence-corrected chi connectivity index (χ1v) is 4.51. The van der Waals surface area contributed by atoms with Crippen LogP contribution < -0.4 is 16.0 Å². The number of hydrogen-bond donors (Lipinski definition) is 3. The fourth-order valence-electron chi connectivity index (χ4n) is 1.84. The van der Waals surface area contributed by atoms with E-state index in [2.05, 4.69) is 16.0 Å². The fraction of sp³-hybridized carbons (Fsp3) is 0.500. The van der Waals surface area contributed by atoms with E-state index in [0.717, 1.165) is 0 Å². The van der Waals surface area contributed by atoms with E-state index in [1.807, 2.05) is 0 Å². The molecular formula is C8H9N5O3. The van der Waals surface area contributed by atoms with E-state index >= 15 is 0 Å². The van der Waals surface area contributed by atoms with Crippen LogP contribution >= 0.6 is 0 Å². The summed E-state index contributed by atoms with van der Waals surface area (Å²) in [6, 6.07) is -1.42. The summed E-state index contributed by atoms with van der Waals surface area (Å²) >= 11 is 0. The lowest BCUT2D eigenvalue weighted by molar-refractivity contribution is -0.136. The maximum atomic E-state index is 11.9. The SMILES string of the molecule is CC12NC(=O)NC1(C)C(=O)N(C#N)C(=O)N2. The summed E-state index contributed by atoms with van der Waals surface area (Å²) in [6.45, 7) is 2.94. The lowest BCUT2D eigenvalue weighted by Crippen LogP contribution is -2.77. The average molecular weight is 223 g/mol. The van der Waals surface area contributed by atoms with E-state index in [0.29, 0.717) is 4.90 Å². The lowest BCUT2D eigenvalue weighted by Gasteiger charge is -2.43. The number of nitrogens with one attached hydrogen (secondary N) is 3. The van der Waals surface area contributed by atoms with Crippen molar-refractivity contribution in [2.45, 2.75) is 25.0 Å². The number of amides is 5. The molecule has 0 aromatic carbocycles. The molecule has 8 heteroatoms. The Morgan fingerprint density at radius 3 is 2.38 bits per heavy atom. The third-order valence-corrected chi connectivity index (χ3v) is 3.02. The van der Waals surface area contributed by atoms with E-state index in [-0.39, 0.29) is 0 Å². The van der Waals surface area contributed by atoms with Gasteiger partial charge < -0.3 is 16.0 Å². The van der Waals surface area contributed by atoms with Gasteiger partial charge in [0.25, 0.3) is 5.91 Å². The zero-order valence-electron chi connectivity index (χ0n) is 8.62. The first-order chi connectivity index (χ1) is 7.34. The average Bonchev–Trinajstić information content (AvgIpc) is 2.37. The predicted molar refractivity (Wildman–Crippen MR) is 49.5 cm³/mol. The Hall–Kier alpha value is -2.30. The van der Waals surface area contributed by atoms with E-state index < -0.39 is 29.2 Å². The summed E-state index contributed by atoms with van der Waals surface area (Å²) in [5.41, 5.74) is -2.60. The highest BCUT2D eigenvalue weighted by atomic mass is 16.2. The van der Waals surface area contributed by atoms with Gasteiger partial charge in [0.2, 0.25) is 0 Å². The number of hydrogen-bond acceptors (Lipinski definition) is 4. The molecule has 2 aliphatic heterocycles. The molecule has 2 unspecified atom stereocenters. The first kappa shape index (κ1) is 10.2. The van der Waals surface area contributed by atoms with Crippen LogP contribution in [-0.2, 0) is 4.79 Å². The molecule has 84 valence electrons. The van der Waals surface area contributed by atoms with Crippen LogP contribution in [0.4, 0.5) is 9.59 Å². The standard InChI is InChI=1S/C8H9N5O3/c1-7-4(14)13(3-9)6(16)12-8(7,2)11-5(15)10-7/h1-2H3,(H,12,16)(H2,10,11,15). The van der Waals surface area contributed by atoms with Gasteiger partial charge in [0.05, 0.1) is 0 Å². The van der Waals surface area contributed by atoms with Crippen molar-refractivity contribution in [3.63, 3.8) is 0 Å². The first-order valence-electron chi connectivity index (χ1n) is 4.51. The predicted octanol–water partition coefficient (Wildman–Crippen LogP) is -1.19. The number of rotatable bonds is 0. The third kappa shape index (κ3) is 0.942. The van der Waals surface area contributed by atoms with Gasteiger partial charge in [-0.3, -0.25) is 4.79 Å². The third-order valence-electron chi connectivity index (χ3n) is 3.02. The Bertz CT molecular complexity index is 455. The summed E-state index contributed by atoms with van der Waals surface area (Å²) in [5, 5.41) is 15.9. The molecule has 2 aliphatic rings. The number of urea groups is 2. The van der Waals surface area contributed by atoms with Crippen molar-refractivity contribution in [1.82, 2.24) is 20.9 Å². The normalized spacial score (nSPS) is 37.1. The van der Waals surface area contributed by atoms with Crippen LogP contribution in [0.25, 0.3) is 0 Å². The molecule has 0 aromatic rings. The van der Waals surface area contributed by atoms with Gasteiger partial charge in [-0.2, -0.15) is 10.2 Å². The number of fused-ring (bicyclic) bond motifs is 1. The number of carbonyl (C=O) groups excluding carboxylic acids is 3. The van der Waals surface area contributed by atoms with E-state index in [4.69, 9.17) is 5.26 Å². The molecule has 0 aliphatic carbocycles. The second-order valence-electron chi connectivity index (χ2n) is 4.00. The minimum absolute atomic E-state index is 0.384. The van der Waals surface area contributed by atoms with Crippen LogP contribution in [-0.4, -0.2) is 34.1 Å². The van der Waals surface area contributed by atoms with Crippen molar-refractivity contribution < 1.29 is 14.4 Å². The number of imide groups is 1. The van der Waals surface area contributed by atoms with Crippen LogP contribution in [0.15, 0.2) is 0 Å². The van der Waals surface area contributed by atoms with Crippen molar-refractivity contribution in [2.24, 2.45) is 0 Å². The summed E-state index contributed by atoms with van der Waals surface area (Å²) < 4.78 is 0. The quantitative estimate of drug-likeness (QED) is 0.448. The Balaban J connectivity index is 2.51. The van der Waals surface area contributed by atoms with Crippen LogP contribution in [0.3, 0.4) is 0 Å². The number of nitriles is 1. The van der Waals surface area contributed by atoms with Crippen LogP contribution in [0.2, 0.25) is 0 Å². The summed E-state index contributed by atoms with van der Waals surface area (Å²) in [7, 11) is 0. The van der Waals surface area contributed by atoms with Gasteiger partial charge in [-0.25, -0.2) is 9.59 Å². The van der Waals surface area contributed by atoms with Gasteiger partial charge in [-0.1, -0.05) is 0 Å². The highest BCUT2D eigenvalue weighted by molar-refractivity contribution is 6.08. The Labute approximate surface area is 90.6 Å². The Morgan fingerprint density at radius 1 is 1.19 bits per heavy atom. The molecular weight excluding hydrogens is 214 g/mol. The molecule has 0 spiro atoms. The topological polar surface area (TPSA) is 114 Å². The van der Waals surface area contributed by atoms with Crippen molar-refractivity contribution >= 4 is 18.0 Å². The Morgan fingerprint density at radius 2 is 1.81 bits per heavy atom. The van der Waals surface area contributed by atoms with E-state index in [1.54, 1.807) is 0 Å². The fourth-order valence-corrected chi connectivity index (χ4v) is 1.84. The van der Waals surface area contributed by atoms with E-state index in [1.165, 1.54) is 20.0 Å². The summed E-state index contributed by atoms with van der Waals surface area (Å²) in [6.07, 6.45) is 1.47. The van der Waals surface area contributed by atoms with E-state index in [9.17, 15) is 14.4 Å². The van der Waals surface area contributed by atoms with Gasteiger partial charge in [0, 0.05) is 0 Å². The molecule has 8 nitrogen and oxygen atoms in total. The highest BCUT2D eigenvalue weighted by Gasteiger charge is 2.63. The highest BCUT2D eigenvalue weighted by Crippen LogP contribution is 2.30. The maximum absolute atomic E-state index is 11.9. The number of nitrogens with zero attached hydrogens (tertiary/aromatic N) is 2. The van der Waals surface area contributed by atoms with Gasteiger partial charge in [0.15, 0.2) is 11.7 Å². The molecule has 0 aromatic heterocycles. The second-order valence-corrected chi connectivity index (χ2v) is 4.00. The molecule has 5 amide bonds. The van der Waals surface area contributed by atoms with Crippen LogP contribution in [0.5, 0.6) is 0 Å². The molecule has 2 saturated heterocycles. The van der Waals surface area contributed by atoms with Gasteiger partial charge in [0.1, 0.15) is 5.66 Å². The molecule has 2 rings (SSSR count). The lowest BCUT2D eigenvalue weighted by atomic mass is 9.85. The molecule has 0 radical (unpaired) electrons. The zero-order valence-corrected chi connectivity index (χ0v) is 8.62. The van der Waals surface area contributed by atoms with Gasteiger partial charge in [-0.15, -0.1) is 0 Å². The maximum Gasteiger partial charge on any atom is 0.339 e.